The van der Waals surface area contributed by atoms with Crippen LogP contribution in [0.15, 0.2) is 41.4 Å². The maximum absolute atomic E-state index is 12.1. The molecule has 19 heavy (non-hydrogen) atoms. The first kappa shape index (κ1) is 13.9. The van der Waals surface area contributed by atoms with Crippen molar-refractivity contribution in [2.45, 2.75) is 4.90 Å². The molecule has 3 N–H and O–H groups in total. The number of halogens is 2. The van der Waals surface area contributed by atoms with Crippen molar-refractivity contribution < 1.29 is 8.42 Å². The molecule has 0 saturated carbocycles. The van der Waals surface area contributed by atoms with Crippen molar-refractivity contribution in [3.8, 4) is 0 Å². The van der Waals surface area contributed by atoms with Gasteiger partial charge in [-0.15, -0.1) is 0 Å². The van der Waals surface area contributed by atoms with Crippen LogP contribution in [0.4, 0.5) is 11.5 Å². The van der Waals surface area contributed by atoms with Crippen LogP contribution in [0.25, 0.3) is 0 Å². The smallest absolute Gasteiger partial charge is 0.263 e. The van der Waals surface area contributed by atoms with Crippen molar-refractivity contribution in [1.29, 1.82) is 0 Å². The third-order valence-electron chi connectivity index (χ3n) is 2.27. The molecule has 1 aromatic carbocycles. The SMILES string of the molecule is Nc1cccnc1NS(=O)(=O)c1ccc(Cl)c(Cl)c1. The number of hydrogen-bond acceptors (Lipinski definition) is 4. The second-order valence-corrected chi connectivity index (χ2v) is 6.12. The number of pyridine rings is 1. The van der Waals surface area contributed by atoms with Gasteiger partial charge in [-0.3, -0.25) is 4.72 Å². The van der Waals surface area contributed by atoms with Gasteiger partial charge in [0.2, 0.25) is 0 Å². The van der Waals surface area contributed by atoms with Gasteiger partial charge in [0.05, 0.1) is 20.6 Å². The number of rotatable bonds is 3. The highest BCUT2D eigenvalue weighted by Crippen LogP contribution is 2.26. The Morgan fingerprint density at radius 2 is 1.89 bits per heavy atom. The number of sulfonamides is 1. The van der Waals surface area contributed by atoms with Gasteiger partial charge >= 0.3 is 0 Å². The topological polar surface area (TPSA) is 85.1 Å². The summed E-state index contributed by atoms with van der Waals surface area (Å²) in [6.07, 6.45) is 1.43. The predicted molar refractivity (Wildman–Crippen MR) is 75.9 cm³/mol. The van der Waals surface area contributed by atoms with Crippen molar-refractivity contribution in [1.82, 2.24) is 4.98 Å². The quantitative estimate of drug-likeness (QED) is 0.911. The van der Waals surface area contributed by atoms with E-state index in [1.54, 1.807) is 12.1 Å². The molecule has 0 aliphatic rings. The number of nitrogens with zero attached hydrogens (tertiary/aromatic N) is 1. The summed E-state index contributed by atoms with van der Waals surface area (Å²) in [6.45, 7) is 0. The van der Waals surface area contributed by atoms with E-state index >= 15 is 0 Å². The maximum Gasteiger partial charge on any atom is 0.263 e. The molecular weight excluding hydrogens is 309 g/mol. The summed E-state index contributed by atoms with van der Waals surface area (Å²) in [4.78, 5) is 3.83. The summed E-state index contributed by atoms with van der Waals surface area (Å²) < 4.78 is 26.5. The highest BCUT2D eigenvalue weighted by Gasteiger charge is 2.17. The lowest BCUT2D eigenvalue weighted by atomic mass is 10.4. The Kier molecular flexibility index (Phi) is 3.84. The molecule has 0 amide bonds. The average molecular weight is 318 g/mol. The number of nitrogen functional groups attached to an aromatic ring is 1. The average Bonchev–Trinajstić information content (AvgIpc) is 2.35. The van der Waals surface area contributed by atoms with Gasteiger partial charge in [0.25, 0.3) is 10.0 Å². The van der Waals surface area contributed by atoms with E-state index in [0.29, 0.717) is 0 Å². The fourth-order valence-corrected chi connectivity index (χ4v) is 2.76. The molecule has 0 spiro atoms. The van der Waals surface area contributed by atoms with Crippen LogP contribution in [-0.4, -0.2) is 13.4 Å². The van der Waals surface area contributed by atoms with Gasteiger partial charge in [0, 0.05) is 6.20 Å². The molecule has 5 nitrogen and oxygen atoms in total. The first-order chi connectivity index (χ1) is 8.90. The summed E-state index contributed by atoms with van der Waals surface area (Å²) in [5.41, 5.74) is 5.85. The van der Waals surface area contributed by atoms with Gasteiger partial charge in [0.1, 0.15) is 0 Å². The molecule has 0 saturated heterocycles. The zero-order chi connectivity index (χ0) is 14.0. The monoisotopic (exact) mass is 317 g/mol. The Bertz CT molecular complexity index is 720. The third kappa shape index (κ3) is 3.09. The minimum atomic E-state index is -3.81. The molecule has 0 radical (unpaired) electrons. The molecule has 1 heterocycles. The molecule has 1 aromatic heterocycles. The molecule has 0 aliphatic carbocycles. The highest BCUT2D eigenvalue weighted by atomic mass is 35.5. The largest absolute Gasteiger partial charge is 0.396 e. The fourth-order valence-electron chi connectivity index (χ4n) is 1.33. The zero-order valence-corrected chi connectivity index (χ0v) is 11.8. The van der Waals surface area contributed by atoms with E-state index in [1.807, 2.05) is 0 Å². The summed E-state index contributed by atoms with van der Waals surface area (Å²) in [5, 5.41) is 0.427. The van der Waals surface area contributed by atoms with Gasteiger partial charge in [-0.05, 0) is 30.3 Å². The molecule has 0 atom stereocenters. The summed E-state index contributed by atoms with van der Waals surface area (Å²) >= 11 is 11.5. The molecule has 2 aromatic rings. The molecule has 100 valence electrons. The lowest BCUT2D eigenvalue weighted by Gasteiger charge is -2.09. The van der Waals surface area contributed by atoms with Crippen molar-refractivity contribution in [2.24, 2.45) is 0 Å². The van der Waals surface area contributed by atoms with Crippen molar-refractivity contribution in [3.05, 3.63) is 46.6 Å². The van der Waals surface area contributed by atoms with Gasteiger partial charge in [-0.25, -0.2) is 13.4 Å². The zero-order valence-electron chi connectivity index (χ0n) is 9.47. The Morgan fingerprint density at radius 1 is 1.16 bits per heavy atom. The number of nitrogens with two attached hydrogens (primary N) is 1. The van der Waals surface area contributed by atoms with E-state index < -0.39 is 10.0 Å². The first-order valence-corrected chi connectivity index (χ1v) is 7.32. The molecular formula is C11H9Cl2N3O2S. The number of benzene rings is 1. The number of anilines is 2. The van der Waals surface area contributed by atoms with Crippen LogP contribution < -0.4 is 10.5 Å². The third-order valence-corrected chi connectivity index (χ3v) is 4.35. The second-order valence-electron chi connectivity index (χ2n) is 3.62. The van der Waals surface area contributed by atoms with E-state index in [-0.39, 0.29) is 26.4 Å². The van der Waals surface area contributed by atoms with E-state index in [2.05, 4.69) is 9.71 Å². The van der Waals surface area contributed by atoms with Gasteiger partial charge in [0.15, 0.2) is 5.82 Å². The van der Waals surface area contributed by atoms with Crippen LogP contribution in [0.2, 0.25) is 10.0 Å². The highest BCUT2D eigenvalue weighted by molar-refractivity contribution is 7.92. The van der Waals surface area contributed by atoms with Gasteiger partial charge in [-0.1, -0.05) is 23.2 Å². The molecule has 0 fully saturated rings. The van der Waals surface area contributed by atoms with Crippen LogP contribution in [0.3, 0.4) is 0 Å². The number of aromatic nitrogens is 1. The number of hydrogen-bond donors (Lipinski definition) is 2. The summed E-state index contributed by atoms with van der Waals surface area (Å²) in [7, 11) is -3.81. The Balaban J connectivity index is 2.38. The normalized spacial score (nSPS) is 11.3. The predicted octanol–water partition coefficient (Wildman–Crippen LogP) is 2.77. The van der Waals surface area contributed by atoms with E-state index in [9.17, 15) is 8.42 Å². The molecule has 8 heteroatoms. The fraction of sp³-hybridized carbons (Fsp3) is 0. The van der Waals surface area contributed by atoms with E-state index in [4.69, 9.17) is 28.9 Å². The van der Waals surface area contributed by atoms with Crippen LogP contribution in [0.1, 0.15) is 0 Å². The lowest BCUT2D eigenvalue weighted by Crippen LogP contribution is -2.15. The summed E-state index contributed by atoms with van der Waals surface area (Å²) in [6, 6.07) is 7.15. The van der Waals surface area contributed by atoms with Crippen LogP contribution in [0, 0.1) is 0 Å². The summed E-state index contributed by atoms with van der Waals surface area (Å²) in [5.74, 6) is 0.0635. The van der Waals surface area contributed by atoms with Crippen molar-refractivity contribution >= 4 is 44.7 Å². The molecule has 0 bridgehead atoms. The molecule has 2 rings (SSSR count). The Morgan fingerprint density at radius 3 is 2.53 bits per heavy atom. The molecule has 0 unspecified atom stereocenters. The number of nitrogens with one attached hydrogen (secondary N) is 1. The first-order valence-electron chi connectivity index (χ1n) is 5.08. The molecule has 0 aliphatic heterocycles. The van der Waals surface area contributed by atoms with Crippen molar-refractivity contribution in [3.63, 3.8) is 0 Å². The van der Waals surface area contributed by atoms with E-state index in [1.165, 1.54) is 24.4 Å². The van der Waals surface area contributed by atoms with Crippen LogP contribution >= 0.6 is 23.2 Å². The van der Waals surface area contributed by atoms with Crippen LogP contribution in [-0.2, 0) is 10.0 Å². The van der Waals surface area contributed by atoms with E-state index in [0.717, 1.165) is 0 Å². The minimum Gasteiger partial charge on any atom is -0.396 e. The minimum absolute atomic E-state index is 0.0213. The van der Waals surface area contributed by atoms with Crippen molar-refractivity contribution in [2.75, 3.05) is 10.5 Å². The van der Waals surface area contributed by atoms with Gasteiger partial charge < -0.3 is 5.73 Å². The maximum atomic E-state index is 12.1. The Labute approximate surface area is 120 Å². The Hall–Kier alpha value is -1.50. The van der Waals surface area contributed by atoms with Gasteiger partial charge in [-0.2, -0.15) is 0 Å². The van der Waals surface area contributed by atoms with Crippen LogP contribution in [0.5, 0.6) is 0 Å². The standard InChI is InChI=1S/C11H9Cl2N3O2S/c12-8-4-3-7(6-9(8)13)19(17,18)16-11-10(14)2-1-5-15-11/h1-6H,14H2,(H,15,16). The second kappa shape index (κ2) is 5.24. The lowest BCUT2D eigenvalue weighted by molar-refractivity contribution is 0.601.